The number of amides is 1. The number of ether oxygens (including phenoxy) is 1. The highest BCUT2D eigenvalue weighted by molar-refractivity contribution is 5.94. The van der Waals surface area contributed by atoms with Crippen LogP contribution in [0.1, 0.15) is 36.2 Å². The molecule has 4 rings (SSSR count). The predicted molar refractivity (Wildman–Crippen MR) is 106 cm³/mol. The van der Waals surface area contributed by atoms with E-state index in [-0.39, 0.29) is 18.1 Å². The molecule has 28 heavy (non-hydrogen) atoms. The van der Waals surface area contributed by atoms with Gasteiger partial charge in [-0.3, -0.25) is 4.79 Å². The van der Waals surface area contributed by atoms with E-state index in [2.05, 4.69) is 16.0 Å². The van der Waals surface area contributed by atoms with Crippen LogP contribution in [0.3, 0.4) is 0 Å². The largest absolute Gasteiger partial charge is 0.491 e. The fourth-order valence-corrected chi connectivity index (χ4v) is 4.15. The van der Waals surface area contributed by atoms with E-state index in [4.69, 9.17) is 10.00 Å². The average Bonchev–Trinajstić information content (AvgIpc) is 3.28. The maximum absolute atomic E-state index is 13.1. The molecule has 2 aromatic rings. The lowest BCUT2D eigenvalue weighted by atomic mass is 10.0. The Morgan fingerprint density at radius 2 is 2.00 bits per heavy atom. The van der Waals surface area contributed by atoms with Gasteiger partial charge in [-0.15, -0.1) is 0 Å². The fraction of sp³-hybridized carbons (Fsp3) is 0.409. The van der Waals surface area contributed by atoms with Gasteiger partial charge in [-0.05, 0) is 56.7 Å². The lowest BCUT2D eigenvalue weighted by Crippen LogP contribution is -2.39. The number of nitriles is 1. The van der Waals surface area contributed by atoms with Crippen molar-refractivity contribution in [1.82, 2.24) is 9.88 Å². The van der Waals surface area contributed by atoms with Crippen LogP contribution in [-0.4, -0.2) is 47.6 Å². The molecule has 3 heterocycles. The summed E-state index contributed by atoms with van der Waals surface area (Å²) in [6.07, 6.45) is 2.73. The van der Waals surface area contributed by atoms with Crippen molar-refractivity contribution in [2.45, 2.75) is 32.4 Å². The van der Waals surface area contributed by atoms with Crippen LogP contribution in [0.5, 0.6) is 5.75 Å². The molecular formula is C22H24N4O2. The smallest absolute Gasteiger partial charge is 0.254 e. The van der Waals surface area contributed by atoms with Crippen molar-refractivity contribution in [1.29, 1.82) is 5.26 Å². The Morgan fingerprint density at radius 1 is 1.21 bits per heavy atom. The Morgan fingerprint density at radius 3 is 2.64 bits per heavy atom. The van der Waals surface area contributed by atoms with E-state index in [9.17, 15) is 4.79 Å². The summed E-state index contributed by atoms with van der Waals surface area (Å²) in [7, 11) is 0. The molecule has 0 saturated carbocycles. The Kier molecular flexibility index (Phi) is 4.91. The SMILES string of the molecule is CC(C)Oc1ccc(C(=O)N2CCC3CN(c4ccc(C#N)cn4)CC32)cc1. The van der Waals surface area contributed by atoms with Gasteiger partial charge in [0, 0.05) is 37.3 Å². The van der Waals surface area contributed by atoms with Crippen molar-refractivity contribution >= 4 is 11.7 Å². The summed E-state index contributed by atoms with van der Waals surface area (Å²) in [6.45, 7) is 6.45. The minimum atomic E-state index is 0.0817. The Bertz CT molecular complexity index is 886. The van der Waals surface area contributed by atoms with Crippen LogP contribution in [0.25, 0.3) is 0 Å². The summed E-state index contributed by atoms with van der Waals surface area (Å²) < 4.78 is 5.66. The number of hydrogen-bond donors (Lipinski definition) is 0. The van der Waals surface area contributed by atoms with Gasteiger partial charge in [0.05, 0.1) is 17.7 Å². The van der Waals surface area contributed by atoms with Gasteiger partial charge in [-0.2, -0.15) is 5.26 Å². The molecule has 1 aromatic heterocycles. The van der Waals surface area contributed by atoms with Crippen molar-refractivity contribution in [3.05, 3.63) is 53.7 Å². The van der Waals surface area contributed by atoms with E-state index in [0.717, 1.165) is 37.6 Å². The quantitative estimate of drug-likeness (QED) is 0.820. The number of aromatic nitrogens is 1. The van der Waals surface area contributed by atoms with Crippen molar-refractivity contribution in [3.8, 4) is 11.8 Å². The van der Waals surface area contributed by atoms with Gasteiger partial charge in [0.2, 0.25) is 0 Å². The van der Waals surface area contributed by atoms with E-state index >= 15 is 0 Å². The number of anilines is 1. The molecule has 1 amide bonds. The number of pyridine rings is 1. The highest BCUT2D eigenvalue weighted by Gasteiger charge is 2.43. The zero-order valence-electron chi connectivity index (χ0n) is 16.2. The van der Waals surface area contributed by atoms with Crippen molar-refractivity contribution in [3.63, 3.8) is 0 Å². The number of carbonyl (C=O) groups is 1. The molecule has 2 fully saturated rings. The highest BCUT2D eigenvalue weighted by Crippen LogP contribution is 2.34. The van der Waals surface area contributed by atoms with Crippen molar-refractivity contribution < 1.29 is 9.53 Å². The van der Waals surface area contributed by atoms with E-state index < -0.39 is 0 Å². The maximum Gasteiger partial charge on any atom is 0.254 e. The minimum absolute atomic E-state index is 0.0817. The maximum atomic E-state index is 13.1. The molecular weight excluding hydrogens is 352 g/mol. The van der Waals surface area contributed by atoms with E-state index in [0.29, 0.717) is 17.0 Å². The van der Waals surface area contributed by atoms with Gasteiger partial charge in [0.25, 0.3) is 5.91 Å². The van der Waals surface area contributed by atoms with Gasteiger partial charge in [0.15, 0.2) is 0 Å². The van der Waals surface area contributed by atoms with Crippen LogP contribution in [0.2, 0.25) is 0 Å². The van der Waals surface area contributed by atoms with E-state index in [1.54, 1.807) is 12.3 Å². The number of fused-ring (bicyclic) bond motifs is 1. The normalized spacial score (nSPS) is 20.9. The molecule has 2 unspecified atom stereocenters. The molecule has 0 N–H and O–H groups in total. The number of benzene rings is 1. The molecule has 2 saturated heterocycles. The van der Waals surface area contributed by atoms with Gasteiger partial charge in [-0.1, -0.05) is 0 Å². The lowest BCUT2D eigenvalue weighted by molar-refractivity contribution is 0.0738. The molecule has 2 atom stereocenters. The summed E-state index contributed by atoms with van der Waals surface area (Å²) in [6, 6.07) is 13.4. The van der Waals surface area contributed by atoms with Gasteiger partial charge < -0.3 is 14.5 Å². The lowest BCUT2D eigenvalue weighted by Gasteiger charge is -2.25. The van der Waals surface area contributed by atoms with Crippen LogP contribution in [0.15, 0.2) is 42.6 Å². The van der Waals surface area contributed by atoms with E-state index in [1.165, 1.54) is 0 Å². The summed E-state index contributed by atoms with van der Waals surface area (Å²) in [5, 5.41) is 8.93. The van der Waals surface area contributed by atoms with Crippen LogP contribution < -0.4 is 9.64 Å². The molecule has 0 aliphatic carbocycles. The third kappa shape index (κ3) is 3.53. The molecule has 0 spiro atoms. The zero-order valence-corrected chi connectivity index (χ0v) is 16.2. The Hall–Kier alpha value is -3.07. The monoisotopic (exact) mass is 376 g/mol. The topological polar surface area (TPSA) is 69.5 Å². The first-order valence-electron chi connectivity index (χ1n) is 9.74. The third-order valence-electron chi connectivity index (χ3n) is 5.48. The number of rotatable bonds is 4. The summed E-state index contributed by atoms with van der Waals surface area (Å²) in [5.41, 5.74) is 1.26. The number of likely N-dealkylation sites (tertiary alicyclic amines) is 1. The first kappa shape index (κ1) is 18.3. The van der Waals surface area contributed by atoms with Crippen LogP contribution >= 0.6 is 0 Å². The molecule has 6 nitrogen and oxygen atoms in total. The molecule has 0 radical (unpaired) electrons. The Labute approximate surface area is 165 Å². The third-order valence-corrected chi connectivity index (χ3v) is 5.48. The second-order valence-corrected chi connectivity index (χ2v) is 7.73. The van der Waals surface area contributed by atoms with Crippen LogP contribution in [-0.2, 0) is 0 Å². The molecule has 6 heteroatoms. The minimum Gasteiger partial charge on any atom is -0.491 e. The van der Waals surface area contributed by atoms with Crippen molar-refractivity contribution in [2.75, 3.05) is 24.5 Å². The molecule has 0 bridgehead atoms. The summed E-state index contributed by atoms with van der Waals surface area (Å²) in [4.78, 5) is 21.7. The summed E-state index contributed by atoms with van der Waals surface area (Å²) >= 11 is 0. The average molecular weight is 376 g/mol. The molecule has 1 aromatic carbocycles. The van der Waals surface area contributed by atoms with E-state index in [1.807, 2.05) is 49.1 Å². The zero-order chi connectivity index (χ0) is 19.7. The molecule has 2 aliphatic rings. The fourth-order valence-electron chi connectivity index (χ4n) is 4.15. The Balaban J connectivity index is 1.45. The first-order chi connectivity index (χ1) is 13.5. The number of nitrogens with zero attached hydrogens (tertiary/aromatic N) is 4. The van der Waals surface area contributed by atoms with Crippen molar-refractivity contribution in [2.24, 2.45) is 5.92 Å². The van der Waals surface area contributed by atoms with Gasteiger partial charge in [-0.25, -0.2) is 4.98 Å². The highest BCUT2D eigenvalue weighted by atomic mass is 16.5. The van der Waals surface area contributed by atoms with Crippen LogP contribution in [0.4, 0.5) is 5.82 Å². The van der Waals surface area contributed by atoms with Gasteiger partial charge in [0.1, 0.15) is 17.6 Å². The first-order valence-corrected chi connectivity index (χ1v) is 9.74. The molecule has 144 valence electrons. The standard InChI is InChI=1S/C22H24N4O2/c1-15(2)28-19-6-4-17(5-7-19)22(27)26-10-9-18-13-25(14-20(18)26)21-8-3-16(11-23)12-24-21/h3-8,12,15,18,20H,9-10,13-14H2,1-2H3. The summed E-state index contributed by atoms with van der Waals surface area (Å²) in [5.74, 6) is 2.20. The number of carbonyl (C=O) groups excluding carboxylic acids is 1. The predicted octanol–water partition coefficient (Wildman–Crippen LogP) is 3.09. The number of hydrogen-bond acceptors (Lipinski definition) is 5. The second-order valence-electron chi connectivity index (χ2n) is 7.73. The van der Waals surface area contributed by atoms with Gasteiger partial charge >= 0.3 is 0 Å². The molecule has 2 aliphatic heterocycles. The van der Waals surface area contributed by atoms with Crippen LogP contribution in [0, 0.1) is 17.2 Å². The second kappa shape index (κ2) is 7.51.